The summed E-state index contributed by atoms with van der Waals surface area (Å²) in [6.07, 6.45) is 4.88. The summed E-state index contributed by atoms with van der Waals surface area (Å²) >= 11 is 1.05. The Labute approximate surface area is 163 Å². The lowest BCUT2D eigenvalue weighted by Crippen LogP contribution is -2.32. The maximum Gasteiger partial charge on any atom is 0.278 e. The minimum atomic E-state index is -0.761. The van der Waals surface area contributed by atoms with E-state index < -0.39 is 11.6 Å². The topological polar surface area (TPSA) is 63.9 Å². The Balaban J connectivity index is 1.83. The minimum Gasteiger partial charge on any atom is -0.278 e. The molecule has 28 heavy (non-hydrogen) atoms. The average molecular weight is 399 g/mol. The number of nitrogens with zero attached hydrogens (tertiary/aromatic N) is 5. The molecule has 1 amide bonds. The van der Waals surface area contributed by atoms with Gasteiger partial charge in [0, 0.05) is 25.5 Å². The molecule has 0 saturated heterocycles. The van der Waals surface area contributed by atoms with E-state index in [9.17, 15) is 13.6 Å². The van der Waals surface area contributed by atoms with Crippen LogP contribution in [0.15, 0.2) is 42.9 Å². The van der Waals surface area contributed by atoms with Gasteiger partial charge in [0.1, 0.15) is 17.0 Å². The first-order chi connectivity index (χ1) is 13.4. The number of hydrogen-bond donors (Lipinski definition) is 0. The molecule has 0 aliphatic rings. The van der Waals surface area contributed by atoms with Crippen LogP contribution in [0.2, 0.25) is 0 Å². The lowest BCUT2D eigenvalue weighted by atomic mass is 10.2. The standard InChI is InChI=1S/C19H15F2N5OS/c1-11-8-23-25(2)17(11)18(27)26(10-12-4-3-5-22-9-12)19-24-16-14(21)6-13(20)7-15(16)28-19/h3-9H,10H2,1-2H3. The molecule has 0 radical (unpaired) electrons. The number of aryl methyl sites for hydroxylation is 2. The number of aromatic nitrogens is 4. The summed E-state index contributed by atoms with van der Waals surface area (Å²) in [7, 11) is 1.68. The molecule has 0 aliphatic heterocycles. The molecule has 3 heterocycles. The Hall–Kier alpha value is -3.20. The van der Waals surface area contributed by atoms with E-state index in [1.807, 2.05) is 6.07 Å². The van der Waals surface area contributed by atoms with Gasteiger partial charge in [0.2, 0.25) is 0 Å². The molecule has 142 valence electrons. The lowest BCUT2D eigenvalue weighted by molar-refractivity contribution is 0.0975. The van der Waals surface area contributed by atoms with Crippen molar-refractivity contribution in [3.63, 3.8) is 0 Å². The predicted octanol–water partition coefficient (Wildman–Crippen LogP) is 3.86. The number of anilines is 1. The largest absolute Gasteiger partial charge is 0.278 e. The molecule has 0 aliphatic carbocycles. The highest BCUT2D eigenvalue weighted by molar-refractivity contribution is 7.22. The highest BCUT2D eigenvalue weighted by atomic mass is 32.1. The number of thiazole rings is 1. The van der Waals surface area contributed by atoms with E-state index in [4.69, 9.17) is 0 Å². The van der Waals surface area contributed by atoms with Crippen LogP contribution in [0.4, 0.5) is 13.9 Å². The zero-order chi connectivity index (χ0) is 19.8. The molecule has 0 bridgehead atoms. The summed E-state index contributed by atoms with van der Waals surface area (Å²) in [5.41, 5.74) is 1.92. The highest BCUT2D eigenvalue weighted by Gasteiger charge is 2.26. The molecule has 4 rings (SSSR count). The van der Waals surface area contributed by atoms with Gasteiger partial charge in [-0.2, -0.15) is 5.10 Å². The van der Waals surface area contributed by atoms with Gasteiger partial charge in [-0.1, -0.05) is 17.4 Å². The molecule has 9 heteroatoms. The Morgan fingerprint density at radius 1 is 1.29 bits per heavy atom. The summed E-state index contributed by atoms with van der Waals surface area (Å²) in [5, 5.41) is 4.39. The molecule has 0 atom stereocenters. The van der Waals surface area contributed by atoms with Gasteiger partial charge in [-0.3, -0.25) is 19.4 Å². The average Bonchev–Trinajstić information content (AvgIpc) is 3.23. The fourth-order valence-corrected chi connectivity index (χ4v) is 3.95. The van der Waals surface area contributed by atoms with Crippen molar-refractivity contribution < 1.29 is 13.6 Å². The first-order valence-corrected chi connectivity index (χ1v) is 9.20. The molecule has 6 nitrogen and oxygen atoms in total. The van der Waals surface area contributed by atoms with E-state index in [1.165, 1.54) is 15.6 Å². The van der Waals surface area contributed by atoms with Crippen LogP contribution in [0.1, 0.15) is 21.6 Å². The van der Waals surface area contributed by atoms with Gasteiger partial charge in [0.05, 0.1) is 17.4 Å². The second kappa shape index (κ2) is 7.08. The van der Waals surface area contributed by atoms with Crippen molar-refractivity contribution in [1.82, 2.24) is 19.7 Å². The van der Waals surface area contributed by atoms with E-state index >= 15 is 0 Å². The van der Waals surface area contributed by atoms with Crippen LogP contribution in [-0.2, 0) is 13.6 Å². The fraction of sp³-hybridized carbons (Fsp3) is 0.158. The van der Waals surface area contributed by atoms with E-state index in [0.717, 1.165) is 23.0 Å². The number of rotatable bonds is 4. The van der Waals surface area contributed by atoms with Crippen LogP contribution in [0, 0.1) is 18.6 Å². The lowest BCUT2D eigenvalue weighted by Gasteiger charge is -2.20. The molecule has 0 spiro atoms. The van der Waals surface area contributed by atoms with Gasteiger partial charge >= 0.3 is 0 Å². The van der Waals surface area contributed by atoms with E-state index in [-0.39, 0.29) is 23.1 Å². The van der Waals surface area contributed by atoms with Crippen molar-refractivity contribution in [3.8, 4) is 0 Å². The molecule has 0 saturated carbocycles. The SMILES string of the molecule is Cc1cnn(C)c1C(=O)N(Cc1cccnc1)c1nc2c(F)cc(F)cc2s1. The zero-order valence-corrected chi connectivity index (χ0v) is 15.9. The molecule has 0 fully saturated rings. The summed E-state index contributed by atoms with van der Waals surface area (Å²) in [6.45, 7) is 1.97. The Bertz CT molecular complexity index is 1150. The number of amides is 1. The first-order valence-electron chi connectivity index (χ1n) is 8.39. The van der Waals surface area contributed by atoms with Gasteiger partial charge in [-0.25, -0.2) is 13.8 Å². The summed E-state index contributed by atoms with van der Waals surface area (Å²) in [4.78, 5) is 23.1. The Kier molecular flexibility index (Phi) is 4.60. The predicted molar refractivity (Wildman–Crippen MR) is 102 cm³/mol. The third kappa shape index (κ3) is 3.24. The van der Waals surface area contributed by atoms with Gasteiger partial charge in [-0.15, -0.1) is 0 Å². The zero-order valence-electron chi connectivity index (χ0n) is 15.1. The van der Waals surface area contributed by atoms with Crippen molar-refractivity contribution >= 4 is 32.6 Å². The van der Waals surface area contributed by atoms with E-state index in [0.29, 0.717) is 16.0 Å². The number of pyridine rings is 1. The second-order valence-electron chi connectivity index (χ2n) is 6.28. The van der Waals surface area contributed by atoms with Gasteiger partial charge in [0.25, 0.3) is 5.91 Å². The van der Waals surface area contributed by atoms with Gasteiger partial charge < -0.3 is 0 Å². The molecule has 0 unspecified atom stereocenters. The smallest absolute Gasteiger partial charge is 0.278 e. The molecule has 4 aromatic rings. The third-order valence-corrected chi connectivity index (χ3v) is 5.29. The first kappa shape index (κ1) is 18.2. The van der Waals surface area contributed by atoms with Gasteiger partial charge in [-0.05, 0) is 30.2 Å². The van der Waals surface area contributed by atoms with Crippen LogP contribution in [-0.4, -0.2) is 25.7 Å². The van der Waals surface area contributed by atoms with Crippen molar-refractivity contribution in [2.75, 3.05) is 4.90 Å². The maximum absolute atomic E-state index is 14.1. The number of carbonyl (C=O) groups is 1. The maximum atomic E-state index is 14.1. The van der Waals surface area contributed by atoms with E-state index in [2.05, 4.69) is 15.1 Å². The van der Waals surface area contributed by atoms with E-state index in [1.54, 1.807) is 38.6 Å². The normalized spacial score (nSPS) is 11.1. The number of halogens is 2. The Morgan fingerprint density at radius 3 is 2.79 bits per heavy atom. The number of fused-ring (bicyclic) bond motifs is 1. The second-order valence-corrected chi connectivity index (χ2v) is 7.29. The molecule has 0 N–H and O–H groups in total. The van der Waals surface area contributed by atoms with Crippen molar-refractivity contribution in [2.24, 2.45) is 7.05 Å². The monoisotopic (exact) mass is 399 g/mol. The summed E-state index contributed by atoms with van der Waals surface area (Å²) in [5.74, 6) is -1.78. The summed E-state index contributed by atoms with van der Waals surface area (Å²) < 4.78 is 29.5. The van der Waals surface area contributed by atoms with Gasteiger partial charge in [0.15, 0.2) is 10.9 Å². The van der Waals surface area contributed by atoms with Crippen molar-refractivity contribution in [2.45, 2.75) is 13.5 Å². The Morgan fingerprint density at radius 2 is 2.11 bits per heavy atom. The van der Waals surface area contributed by atoms with Crippen LogP contribution in [0.3, 0.4) is 0 Å². The number of hydrogen-bond acceptors (Lipinski definition) is 5. The molecular weight excluding hydrogens is 384 g/mol. The molecule has 1 aromatic carbocycles. The third-order valence-electron chi connectivity index (χ3n) is 4.27. The number of carbonyl (C=O) groups excluding carboxylic acids is 1. The van der Waals surface area contributed by atoms with Crippen LogP contribution < -0.4 is 4.90 Å². The molecule has 3 aromatic heterocycles. The molecular formula is C19H15F2N5OS. The summed E-state index contributed by atoms with van der Waals surface area (Å²) in [6, 6.07) is 5.59. The van der Waals surface area contributed by atoms with Crippen molar-refractivity contribution in [1.29, 1.82) is 0 Å². The quantitative estimate of drug-likeness (QED) is 0.523. The van der Waals surface area contributed by atoms with Crippen molar-refractivity contribution in [3.05, 3.63) is 71.3 Å². The fourth-order valence-electron chi connectivity index (χ4n) is 2.94. The highest BCUT2D eigenvalue weighted by Crippen LogP contribution is 2.33. The van der Waals surface area contributed by atoms with Crippen LogP contribution in [0.25, 0.3) is 10.2 Å². The van der Waals surface area contributed by atoms with Crippen LogP contribution in [0.5, 0.6) is 0 Å². The van der Waals surface area contributed by atoms with Crippen LogP contribution >= 0.6 is 11.3 Å². The number of benzene rings is 1. The minimum absolute atomic E-state index is 0.0344.